The van der Waals surface area contributed by atoms with Crippen LogP contribution in [-0.2, 0) is 0 Å². The third-order valence-electron chi connectivity index (χ3n) is 1.22. The molecule has 0 bridgehead atoms. The average molecular weight is 143 g/mol. The summed E-state index contributed by atoms with van der Waals surface area (Å²) in [5.41, 5.74) is 2.66. The van der Waals surface area contributed by atoms with Crippen molar-refractivity contribution in [1.82, 2.24) is 0 Å². The molecule has 0 aliphatic heterocycles. The standard InChI is InChI=1S/C8H10.ClH/c1-7-3-5-8(2)6-4-7;/h3-6H,1-2H3;1H. The number of benzene rings is 1. The molecule has 0 unspecified atom stereocenters. The first-order chi connectivity index (χ1) is 3.79. The molecule has 0 fully saturated rings. The monoisotopic (exact) mass is 142 g/mol. The molecule has 0 saturated heterocycles. The van der Waals surface area contributed by atoms with Crippen LogP contribution in [0.5, 0.6) is 0 Å². The lowest BCUT2D eigenvalue weighted by atomic mass is 10.2. The summed E-state index contributed by atoms with van der Waals surface area (Å²) in [5, 5.41) is 0. The predicted molar refractivity (Wildman–Crippen MR) is 43.2 cm³/mol. The largest absolute Gasteiger partial charge is 0.147 e. The number of hydrogen-bond donors (Lipinski definition) is 0. The predicted octanol–water partition coefficient (Wildman–Crippen LogP) is 2.73. The quantitative estimate of drug-likeness (QED) is 0.523. The summed E-state index contributed by atoms with van der Waals surface area (Å²) < 4.78 is 0. The Morgan fingerprint density at radius 3 is 1.22 bits per heavy atom. The van der Waals surface area contributed by atoms with Gasteiger partial charge in [0.25, 0.3) is 0 Å². The van der Waals surface area contributed by atoms with Crippen molar-refractivity contribution in [2.45, 2.75) is 13.8 Å². The minimum Gasteiger partial charge on any atom is -0.147 e. The molecule has 0 nitrogen and oxygen atoms in total. The van der Waals surface area contributed by atoms with E-state index in [0.717, 1.165) is 0 Å². The lowest BCUT2D eigenvalue weighted by Gasteiger charge is -1.90. The van der Waals surface area contributed by atoms with Crippen LogP contribution in [0.4, 0.5) is 0 Å². The van der Waals surface area contributed by atoms with E-state index in [-0.39, 0.29) is 12.4 Å². The zero-order chi connectivity index (χ0) is 5.98. The topological polar surface area (TPSA) is 0 Å². The van der Waals surface area contributed by atoms with Gasteiger partial charge < -0.3 is 0 Å². The van der Waals surface area contributed by atoms with E-state index in [2.05, 4.69) is 38.1 Å². The van der Waals surface area contributed by atoms with Gasteiger partial charge in [-0.25, -0.2) is 0 Å². The van der Waals surface area contributed by atoms with Gasteiger partial charge in [0.05, 0.1) is 0 Å². The highest BCUT2D eigenvalue weighted by Gasteiger charge is 1.79. The molecule has 0 N–H and O–H groups in total. The molecule has 1 aromatic rings. The smallest absolute Gasteiger partial charge is 0.0398 e. The fourth-order valence-corrected chi connectivity index (χ4v) is 0.637. The summed E-state index contributed by atoms with van der Waals surface area (Å²) >= 11 is 0. The molecule has 0 atom stereocenters. The van der Waals surface area contributed by atoms with Gasteiger partial charge in [0, 0.05) is 0 Å². The summed E-state index contributed by atoms with van der Waals surface area (Å²) in [6.45, 7) is 4.19. The van der Waals surface area contributed by atoms with E-state index in [4.69, 9.17) is 0 Å². The van der Waals surface area contributed by atoms with Gasteiger partial charge in [0.15, 0.2) is 0 Å². The van der Waals surface area contributed by atoms with E-state index >= 15 is 0 Å². The Labute approximate surface area is 62.3 Å². The number of rotatable bonds is 0. The fraction of sp³-hybridized carbons (Fsp3) is 0.250. The summed E-state index contributed by atoms with van der Waals surface area (Å²) in [4.78, 5) is 0. The molecule has 0 spiro atoms. The Morgan fingerprint density at radius 1 is 0.778 bits per heavy atom. The second-order valence-corrected chi connectivity index (χ2v) is 2.15. The SMILES string of the molecule is Cc1ccc(C)cc1.Cl. The van der Waals surface area contributed by atoms with Crippen molar-refractivity contribution in [3.8, 4) is 0 Å². The molecule has 9 heavy (non-hydrogen) atoms. The van der Waals surface area contributed by atoms with Crippen molar-refractivity contribution in [2.24, 2.45) is 0 Å². The van der Waals surface area contributed by atoms with Crippen LogP contribution in [0.25, 0.3) is 0 Å². The van der Waals surface area contributed by atoms with E-state index in [0.29, 0.717) is 0 Å². The molecule has 0 saturated carbocycles. The third kappa shape index (κ3) is 2.52. The Hall–Kier alpha value is -0.490. The molecule has 1 aromatic carbocycles. The van der Waals surface area contributed by atoms with Crippen LogP contribution < -0.4 is 0 Å². The van der Waals surface area contributed by atoms with Gasteiger partial charge in [0.1, 0.15) is 0 Å². The van der Waals surface area contributed by atoms with Crippen molar-refractivity contribution in [3.05, 3.63) is 35.4 Å². The van der Waals surface area contributed by atoms with E-state index < -0.39 is 0 Å². The zero-order valence-corrected chi connectivity index (χ0v) is 6.53. The van der Waals surface area contributed by atoms with Crippen molar-refractivity contribution in [3.63, 3.8) is 0 Å². The normalized spacial score (nSPS) is 8.22. The molecule has 1 heteroatoms. The molecule has 0 heterocycles. The van der Waals surface area contributed by atoms with Gasteiger partial charge in [-0.05, 0) is 13.8 Å². The van der Waals surface area contributed by atoms with Gasteiger partial charge >= 0.3 is 0 Å². The summed E-state index contributed by atoms with van der Waals surface area (Å²) in [6.07, 6.45) is 0. The number of hydrogen-bond acceptors (Lipinski definition) is 0. The van der Waals surface area contributed by atoms with Crippen LogP contribution in [0, 0.1) is 13.8 Å². The van der Waals surface area contributed by atoms with Crippen molar-refractivity contribution in [2.75, 3.05) is 0 Å². The highest BCUT2D eigenvalue weighted by Crippen LogP contribution is 1.99. The van der Waals surface area contributed by atoms with E-state index in [1.807, 2.05) is 0 Å². The highest BCUT2D eigenvalue weighted by atomic mass is 35.5. The minimum atomic E-state index is 0. The Kier molecular flexibility index (Phi) is 3.33. The van der Waals surface area contributed by atoms with Gasteiger partial charge in [-0.1, -0.05) is 35.4 Å². The third-order valence-corrected chi connectivity index (χ3v) is 1.22. The van der Waals surface area contributed by atoms with Crippen LogP contribution in [0.2, 0.25) is 0 Å². The maximum absolute atomic E-state index is 2.12. The van der Waals surface area contributed by atoms with Crippen molar-refractivity contribution < 1.29 is 0 Å². The Balaban J connectivity index is 0.000000640. The minimum absolute atomic E-state index is 0. The zero-order valence-electron chi connectivity index (χ0n) is 5.72. The molecule has 0 radical (unpaired) electrons. The van der Waals surface area contributed by atoms with Crippen LogP contribution in [-0.4, -0.2) is 0 Å². The maximum atomic E-state index is 2.12. The van der Waals surface area contributed by atoms with Gasteiger partial charge in [-0.15, -0.1) is 12.4 Å². The summed E-state index contributed by atoms with van der Waals surface area (Å²) in [7, 11) is 0. The van der Waals surface area contributed by atoms with E-state index in [9.17, 15) is 0 Å². The van der Waals surface area contributed by atoms with Crippen LogP contribution >= 0.6 is 12.4 Å². The fourth-order valence-electron chi connectivity index (χ4n) is 0.637. The molecule has 50 valence electrons. The lowest BCUT2D eigenvalue weighted by molar-refractivity contribution is 1.40. The second-order valence-electron chi connectivity index (χ2n) is 2.15. The summed E-state index contributed by atoms with van der Waals surface area (Å²) in [5.74, 6) is 0. The first kappa shape index (κ1) is 8.51. The molecular weight excluding hydrogens is 132 g/mol. The molecule has 0 amide bonds. The molecule has 0 aliphatic carbocycles. The number of halogens is 1. The van der Waals surface area contributed by atoms with Crippen LogP contribution in [0.3, 0.4) is 0 Å². The van der Waals surface area contributed by atoms with Gasteiger partial charge in [-0.3, -0.25) is 0 Å². The van der Waals surface area contributed by atoms with Gasteiger partial charge in [0.2, 0.25) is 0 Å². The lowest BCUT2D eigenvalue weighted by Crippen LogP contribution is -1.70. The first-order valence-corrected chi connectivity index (χ1v) is 2.82. The highest BCUT2D eigenvalue weighted by molar-refractivity contribution is 5.85. The van der Waals surface area contributed by atoms with E-state index in [1.54, 1.807) is 0 Å². The van der Waals surface area contributed by atoms with Crippen LogP contribution in [0.1, 0.15) is 11.1 Å². The second kappa shape index (κ2) is 3.52. The Bertz CT molecular complexity index is 143. The van der Waals surface area contributed by atoms with Crippen molar-refractivity contribution >= 4 is 12.4 Å². The molecule has 0 aromatic heterocycles. The van der Waals surface area contributed by atoms with E-state index in [1.165, 1.54) is 11.1 Å². The van der Waals surface area contributed by atoms with Gasteiger partial charge in [-0.2, -0.15) is 0 Å². The Morgan fingerprint density at radius 2 is 1.00 bits per heavy atom. The first-order valence-electron chi connectivity index (χ1n) is 2.82. The van der Waals surface area contributed by atoms with Crippen LogP contribution in [0.15, 0.2) is 24.3 Å². The molecule has 0 aliphatic rings. The number of aryl methyl sites for hydroxylation is 2. The summed E-state index contributed by atoms with van der Waals surface area (Å²) in [6, 6.07) is 8.48. The van der Waals surface area contributed by atoms with Crippen molar-refractivity contribution in [1.29, 1.82) is 0 Å². The average Bonchev–Trinajstić information content (AvgIpc) is 1.77. The molecular formula is C8H11Cl. The maximum Gasteiger partial charge on any atom is -0.0398 e. The molecule has 1 rings (SSSR count).